The van der Waals surface area contributed by atoms with E-state index in [1.807, 2.05) is 12.1 Å². The molecule has 0 N–H and O–H groups in total. The molecule has 0 heterocycles. The van der Waals surface area contributed by atoms with Gasteiger partial charge in [-0.1, -0.05) is 37.0 Å². The summed E-state index contributed by atoms with van der Waals surface area (Å²) in [6, 6.07) is 13.8. The lowest BCUT2D eigenvalue weighted by atomic mass is 10.1. The fourth-order valence-corrected chi connectivity index (χ4v) is 3.22. The average Bonchev–Trinajstić information content (AvgIpc) is 2.53. The lowest BCUT2D eigenvalue weighted by Gasteiger charge is -2.17. The predicted molar refractivity (Wildman–Crippen MR) is 92.2 cm³/mol. The number of ether oxygens (including phenoxy) is 2. The molecule has 2 aromatic carbocycles. The van der Waals surface area contributed by atoms with Gasteiger partial charge in [-0.3, -0.25) is 0 Å². The van der Waals surface area contributed by atoms with Crippen molar-refractivity contribution < 1.29 is 19.1 Å². The van der Waals surface area contributed by atoms with Crippen LogP contribution in [0.3, 0.4) is 0 Å². The molecule has 0 radical (unpaired) electrons. The number of carbonyl (C=O) groups excluding carboxylic acids is 2. The first-order chi connectivity index (χ1) is 10.8. The standard InChI is InChI=1S/C18H20O4Si/c1-21-17(19)13-8-10-14(11-9-13)18(20)22-15-6-5-7-16(12-15)23(2,3)4/h5-12H,1-4H3. The van der Waals surface area contributed by atoms with E-state index in [9.17, 15) is 9.59 Å². The fourth-order valence-electron chi connectivity index (χ4n) is 2.05. The van der Waals surface area contributed by atoms with Crippen molar-refractivity contribution in [2.24, 2.45) is 0 Å². The molecule has 0 spiro atoms. The van der Waals surface area contributed by atoms with Gasteiger partial charge in [0.05, 0.1) is 26.3 Å². The van der Waals surface area contributed by atoms with Crippen molar-refractivity contribution in [3.8, 4) is 5.75 Å². The molecule has 2 aromatic rings. The van der Waals surface area contributed by atoms with E-state index >= 15 is 0 Å². The van der Waals surface area contributed by atoms with E-state index in [1.54, 1.807) is 30.3 Å². The van der Waals surface area contributed by atoms with Crippen LogP contribution in [-0.4, -0.2) is 27.1 Å². The summed E-state index contributed by atoms with van der Waals surface area (Å²) in [5.74, 6) is -0.353. The second-order valence-electron chi connectivity index (χ2n) is 6.24. The van der Waals surface area contributed by atoms with E-state index in [-0.39, 0.29) is 0 Å². The largest absolute Gasteiger partial charge is 0.465 e. The maximum Gasteiger partial charge on any atom is 0.343 e. The Balaban J connectivity index is 2.15. The lowest BCUT2D eigenvalue weighted by molar-refractivity contribution is 0.0599. The SMILES string of the molecule is COC(=O)c1ccc(C(=O)Oc2cccc([Si](C)(C)C)c2)cc1. The van der Waals surface area contributed by atoms with Gasteiger partial charge in [-0.2, -0.15) is 0 Å². The van der Waals surface area contributed by atoms with Crippen molar-refractivity contribution in [3.63, 3.8) is 0 Å². The van der Waals surface area contributed by atoms with Crippen LogP contribution in [0.25, 0.3) is 0 Å². The predicted octanol–water partition coefficient (Wildman–Crippen LogP) is 3.24. The topological polar surface area (TPSA) is 52.6 Å². The van der Waals surface area contributed by atoms with Gasteiger partial charge in [0.15, 0.2) is 0 Å². The van der Waals surface area contributed by atoms with Crippen molar-refractivity contribution in [3.05, 3.63) is 59.7 Å². The Kier molecular flexibility index (Phi) is 5.01. The van der Waals surface area contributed by atoms with Gasteiger partial charge in [-0.25, -0.2) is 9.59 Å². The number of methoxy groups -OCH3 is 1. The van der Waals surface area contributed by atoms with Crippen LogP contribution in [0.4, 0.5) is 0 Å². The average molecular weight is 328 g/mol. The molecule has 0 aliphatic rings. The Morgan fingerprint density at radius 1 is 0.870 bits per heavy atom. The monoisotopic (exact) mass is 328 g/mol. The number of rotatable bonds is 4. The van der Waals surface area contributed by atoms with Crippen LogP contribution in [0, 0.1) is 0 Å². The fraction of sp³-hybridized carbons (Fsp3) is 0.222. The number of benzene rings is 2. The van der Waals surface area contributed by atoms with E-state index in [2.05, 4.69) is 30.4 Å². The molecule has 0 atom stereocenters. The highest BCUT2D eigenvalue weighted by Crippen LogP contribution is 2.14. The zero-order chi connectivity index (χ0) is 17.0. The molecule has 0 aliphatic heterocycles. The van der Waals surface area contributed by atoms with Crippen LogP contribution in [0.15, 0.2) is 48.5 Å². The first kappa shape index (κ1) is 17.0. The van der Waals surface area contributed by atoms with Gasteiger partial charge in [0, 0.05) is 0 Å². The molecule has 0 aromatic heterocycles. The quantitative estimate of drug-likeness (QED) is 0.491. The molecule has 0 unspecified atom stereocenters. The third kappa shape index (κ3) is 4.29. The van der Waals surface area contributed by atoms with E-state index in [1.165, 1.54) is 12.3 Å². The van der Waals surface area contributed by atoms with Crippen LogP contribution in [0.5, 0.6) is 5.75 Å². The molecule has 0 saturated heterocycles. The minimum Gasteiger partial charge on any atom is -0.465 e. The normalized spacial score (nSPS) is 11.0. The van der Waals surface area contributed by atoms with Gasteiger partial charge in [-0.05, 0) is 36.4 Å². The van der Waals surface area contributed by atoms with Gasteiger partial charge in [-0.15, -0.1) is 0 Å². The maximum absolute atomic E-state index is 12.2. The number of carbonyl (C=O) groups is 2. The summed E-state index contributed by atoms with van der Waals surface area (Å²) in [7, 11) is -0.147. The summed E-state index contributed by atoms with van der Waals surface area (Å²) in [5.41, 5.74) is 0.779. The Morgan fingerprint density at radius 3 is 1.96 bits per heavy atom. The Bertz CT molecular complexity index is 715. The second-order valence-corrected chi connectivity index (χ2v) is 11.3. The molecule has 0 bridgehead atoms. The van der Waals surface area contributed by atoms with Crippen LogP contribution < -0.4 is 9.92 Å². The zero-order valence-electron chi connectivity index (χ0n) is 13.8. The van der Waals surface area contributed by atoms with Gasteiger partial charge in [0.2, 0.25) is 0 Å². The summed E-state index contributed by atoms with van der Waals surface area (Å²) in [6.07, 6.45) is 0. The van der Waals surface area contributed by atoms with Crippen molar-refractivity contribution in [2.45, 2.75) is 19.6 Å². The Morgan fingerprint density at radius 2 is 1.43 bits per heavy atom. The molecule has 120 valence electrons. The molecular formula is C18H20O4Si. The third-order valence-corrected chi connectivity index (χ3v) is 5.50. The van der Waals surface area contributed by atoms with Crippen molar-refractivity contribution in [1.29, 1.82) is 0 Å². The number of hydrogen-bond donors (Lipinski definition) is 0. The highest BCUT2D eigenvalue weighted by molar-refractivity contribution is 6.88. The number of esters is 2. The van der Waals surface area contributed by atoms with Gasteiger partial charge < -0.3 is 9.47 Å². The lowest BCUT2D eigenvalue weighted by Crippen LogP contribution is -2.37. The smallest absolute Gasteiger partial charge is 0.343 e. The third-order valence-electron chi connectivity index (χ3n) is 3.45. The van der Waals surface area contributed by atoms with E-state index in [0.29, 0.717) is 16.9 Å². The van der Waals surface area contributed by atoms with Crippen LogP contribution in [0.2, 0.25) is 19.6 Å². The first-order valence-electron chi connectivity index (χ1n) is 7.32. The molecule has 23 heavy (non-hydrogen) atoms. The molecule has 5 heteroatoms. The Hall–Kier alpha value is -2.40. The summed E-state index contributed by atoms with van der Waals surface area (Å²) in [4.78, 5) is 23.6. The summed E-state index contributed by atoms with van der Waals surface area (Å²) in [6.45, 7) is 6.71. The summed E-state index contributed by atoms with van der Waals surface area (Å²) < 4.78 is 10.1. The van der Waals surface area contributed by atoms with Crippen molar-refractivity contribution in [1.82, 2.24) is 0 Å². The molecule has 0 amide bonds. The molecule has 4 nitrogen and oxygen atoms in total. The van der Waals surface area contributed by atoms with E-state index in [4.69, 9.17) is 4.74 Å². The molecular weight excluding hydrogens is 308 g/mol. The maximum atomic E-state index is 12.2. The molecule has 2 rings (SSSR count). The van der Waals surface area contributed by atoms with Gasteiger partial charge in [0.1, 0.15) is 5.75 Å². The van der Waals surface area contributed by atoms with E-state index in [0.717, 1.165) is 0 Å². The van der Waals surface area contributed by atoms with Crippen LogP contribution in [0.1, 0.15) is 20.7 Å². The van der Waals surface area contributed by atoms with Crippen LogP contribution >= 0.6 is 0 Å². The van der Waals surface area contributed by atoms with Gasteiger partial charge in [0.25, 0.3) is 0 Å². The minimum atomic E-state index is -1.46. The van der Waals surface area contributed by atoms with Crippen LogP contribution in [-0.2, 0) is 4.74 Å². The highest BCUT2D eigenvalue weighted by Gasteiger charge is 2.17. The highest BCUT2D eigenvalue weighted by atomic mass is 28.3. The number of hydrogen-bond acceptors (Lipinski definition) is 4. The van der Waals surface area contributed by atoms with E-state index < -0.39 is 20.0 Å². The van der Waals surface area contributed by atoms with Crippen molar-refractivity contribution >= 4 is 25.2 Å². The second kappa shape index (κ2) is 6.79. The first-order valence-corrected chi connectivity index (χ1v) is 10.8. The van der Waals surface area contributed by atoms with Crippen molar-refractivity contribution in [2.75, 3.05) is 7.11 Å². The molecule has 0 saturated carbocycles. The Labute approximate surface area is 137 Å². The minimum absolute atomic E-state index is 0.385. The zero-order valence-corrected chi connectivity index (χ0v) is 14.8. The summed E-state index contributed by atoms with van der Waals surface area (Å²) >= 11 is 0. The molecule has 0 aliphatic carbocycles. The van der Waals surface area contributed by atoms with Gasteiger partial charge >= 0.3 is 11.9 Å². The molecule has 0 fully saturated rings. The summed E-state index contributed by atoms with van der Waals surface area (Å²) in [5, 5.41) is 1.23.